The van der Waals surface area contributed by atoms with Crippen molar-refractivity contribution in [2.75, 3.05) is 0 Å². The Bertz CT molecular complexity index is 397. The Morgan fingerprint density at radius 3 is 2.72 bits per heavy atom. The van der Waals surface area contributed by atoms with Crippen LogP contribution in [0.15, 0.2) is 12.4 Å². The third-order valence-electron chi connectivity index (χ3n) is 4.77. The number of nitrogens with zero attached hydrogens (tertiary/aromatic N) is 2. The van der Waals surface area contributed by atoms with E-state index in [1.165, 1.54) is 12.0 Å². The van der Waals surface area contributed by atoms with Gasteiger partial charge in [0.05, 0.1) is 18.3 Å². The fourth-order valence-electron chi connectivity index (χ4n) is 3.21. The number of rotatable bonds is 3. The summed E-state index contributed by atoms with van der Waals surface area (Å²) in [6, 6.07) is 0.345. The van der Waals surface area contributed by atoms with Crippen LogP contribution < -0.4 is 0 Å². The molecule has 0 radical (unpaired) electrons. The molecule has 0 aromatic carbocycles. The lowest BCUT2D eigenvalue weighted by molar-refractivity contribution is 0.0171. The summed E-state index contributed by atoms with van der Waals surface area (Å²) < 4.78 is 2.08. The van der Waals surface area contributed by atoms with Gasteiger partial charge in [-0.1, -0.05) is 27.2 Å². The average Bonchev–Trinajstić information content (AvgIpc) is 2.75. The van der Waals surface area contributed by atoms with Gasteiger partial charge >= 0.3 is 0 Å². The first-order chi connectivity index (χ1) is 8.44. The van der Waals surface area contributed by atoms with Crippen LogP contribution in [0.1, 0.15) is 58.1 Å². The summed E-state index contributed by atoms with van der Waals surface area (Å²) in [7, 11) is 0. The summed E-state index contributed by atoms with van der Waals surface area (Å²) in [5.41, 5.74) is 1.51. The summed E-state index contributed by atoms with van der Waals surface area (Å²) in [4.78, 5) is 0. The Hall–Kier alpha value is -0.830. The largest absolute Gasteiger partial charge is 0.393 e. The number of hydrogen-bond donors (Lipinski definition) is 1. The van der Waals surface area contributed by atoms with Crippen molar-refractivity contribution in [1.29, 1.82) is 0 Å². The molecule has 1 aliphatic rings. The highest BCUT2D eigenvalue weighted by molar-refractivity contribution is 5.02. The van der Waals surface area contributed by atoms with Crippen LogP contribution in [0.3, 0.4) is 0 Å². The molecule has 0 aliphatic heterocycles. The van der Waals surface area contributed by atoms with E-state index in [4.69, 9.17) is 0 Å². The second kappa shape index (κ2) is 5.04. The van der Waals surface area contributed by atoms with Gasteiger partial charge in [-0.2, -0.15) is 5.10 Å². The smallest absolute Gasteiger partial charge is 0.0577 e. The van der Waals surface area contributed by atoms with E-state index >= 15 is 0 Å². The van der Waals surface area contributed by atoms with E-state index in [1.54, 1.807) is 0 Å². The molecule has 1 saturated carbocycles. The summed E-state index contributed by atoms with van der Waals surface area (Å²) in [6.07, 6.45) is 7.91. The molecule has 1 aromatic heterocycles. The van der Waals surface area contributed by atoms with Crippen LogP contribution in [0.4, 0.5) is 0 Å². The van der Waals surface area contributed by atoms with E-state index in [2.05, 4.69) is 43.7 Å². The SMILES string of the molecule is CCC(C)(C)C1CCC(O)CC1n1cc(C)cn1. The van der Waals surface area contributed by atoms with Crippen molar-refractivity contribution >= 4 is 0 Å². The van der Waals surface area contributed by atoms with E-state index in [1.807, 2.05) is 6.20 Å². The molecule has 1 aromatic rings. The average molecular weight is 250 g/mol. The highest BCUT2D eigenvalue weighted by atomic mass is 16.3. The molecule has 3 atom stereocenters. The van der Waals surface area contributed by atoms with E-state index in [0.717, 1.165) is 19.3 Å². The molecule has 1 aliphatic carbocycles. The molecule has 3 nitrogen and oxygen atoms in total. The molecule has 18 heavy (non-hydrogen) atoms. The quantitative estimate of drug-likeness (QED) is 0.893. The number of aromatic nitrogens is 2. The van der Waals surface area contributed by atoms with Gasteiger partial charge < -0.3 is 5.11 Å². The molecule has 2 rings (SSSR count). The first-order valence-electron chi connectivity index (χ1n) is 7.13. The van der Waals surface area contributed by atoms with Gasteiger partial charge in [-0.05, 0) is 43.1 Å². The van der Waals surface area contributed by atoms with Crippen LogP contribution in [-0.2, 0) is 0 Å². The van der Waals surface area contributed by atoms with Gasteiger partial charge in [0.25, 0.3) is 0 Å². The van der Waals surface area contributed by atoms with Crippen LogP contribution in [0.25, 0.3) is 0 Å². The minimum Gasteiger partial charge on any atom is -0.393 e. The zero-order valence-corrected chi connectivity index (χ0v) is 12.1. The first-order valence-corrected chi connectivity index (χ1v) is 7.13. The van der Waals surface area contributed by atoms with Gasteiger partial charge in [0.1, 0.15) is 0 Å². The first kappa shape index (κ1) is 13.6. The van der Waals surface area contributed by atoms with Gasteiger partial charge in [0.15, 0.2) is 0 Å². The van der Waals surface area contributed by atoms with Crippen molar-refractivity contribution in [1.82, 2.24) is 9.78 Å². The maximum absolute atomic E-state index is 9.96. The van der Waals surface area contributed by atoms with Crippen molar-refractivity contribution in [2.45, 2.75) is 65.5 Å². The van der Waals surface area contributed by atoms with E-state index in [9.17, 15) is 5.11 Å². The lowest BCUT2D eigenvalue weighted by Crippen LogP contribution is -2.38. The maximum atomic E-state index is 9.96. The van der Waals surface area contributed by atoms with Crippen LogP contribution in [0.5, 0.6) is 0 Å². The fourth-order valence-corrected chi connectivity index (χ4v) is 3.21. The lowest BCUT2D eigenvalue weighted by atomic mass is 9.66. The van der Waals surface area contributed by atoms with E-state index < -0.39 is 0 Å². The highest BCUT2D eigenvalue weighted by Gasteiger charge is 2.39. The summed E-state index contributed by atoms with van der Waals surface area (Å²) in [5.74, 6) is 0.602. The molecule has 0 bridgehead atoms. The topological polar surface area (TPSA) is 38.0 Å². The Kier molecular flexibility index (Phi) is 3.81. The van der Waals surface area contributed by atoms with Crippen molar-refractivity contribution in [3.8, 4) is 0 Å². The molecule has 0 amide bonds. The molecule has 1 fully saturated rings. The van der Waals surface area contributed by atoms with Crippen LogP contribution in [0, 0.1) is 18.3 Å². The normalized spacial score (nSPS) is 29.5. The highest BCUT2D eigenvalue weighted by Crippen LogP contribution is 2.46. The van der Waals surface area contributed by atoms with Crippen LogP contribution >= 0.6 is 0 Å². The second-order valence-corrected chi connectivity index (χ2v) is 6.48. The zero-order valence-electron chi connectivity index (χ0n) is 12.1. The molecule has 3 unspecified atom stereocenters. The third kappa shape index (κ3) is 2.61. The summed E-state index contributed by atoms with van der Waals surface area (Å²) >= 11 is 0. The predicted molar refractivity (Wildman–Crippen MR) is 73.4 cm³/mol. The van der Waals surface area contributed by atoms with Crippen molar-refractivity contribution in [3.63, 3.8) is 0 Å². The number of aliphatic hydroxyl groups excluding tert-OH is 1. The minimum absolute atomic E-state index is 0.164. The molecule has 1 heterocycles. The molecule has 1 N–H and O–H groups in total. The van der Waals surface area contributed by atoms with Crippen LogP contribution in [-0.4, -0.2) is 21.0 Å². The fraction of sp³-hybridized carbons (Fsp3) is 0.800. The molecular weight excluding hydrogens is 224 g/mol. The minimum atomic E-state index is -0.164. The molecular formula is C15H26N2O. The van der Waals surface area contributed by atoms with Crippen molar-refractivity contribution in [3.05, 3.63) is 18.0 Å². The van der Waals surface area contributed by atoms with Gasteiger partial charge in [-0.25, -0.2) is 0 Å². The van der Waals surface area contributed by atoms with Crippen molar-refractivity contribution in [2.24, 2.45) is 11.3 Å². The monoisotopic (exact) mass is 250 g/mol. The molecule has 3 heteroatoms. The van der Waals surface area contributed by atoms with Gasteiger partial charge in [-0.15, -0.1) is 0 Å². The molecule has 102 valence electrons. The number of aliphatic hydroxyl groups is 1. The maximum Gasteiger partial charge on any atom is 0.0577 e. The summed E-state index contributed by atoms with van der Waals surface area (Å²) in [5, 5.41) is 14.4. The third-order valence-corrected chi connectivity index (χ3v) is 4.77. The van der Waals surface area contributed by atoms with Gasteiger partial charge in [0, 0.05) is 6.20 Å². The summed E-state index contributed by atoms with van der Waals surface area (Å²) in [6.45, 7) is 9.02. The van der Waals surface area contributed by atoms with Gasteiger partial charge in [0.2, 0.25) is 0 Å². The predicted octanol–water partition coefficient (Wildman–Crippen LogP) is 3.33. The van der Waals surface area contributed by atoms with Crippen LogP contribution in [0.2, 0.25) is 0 Å². The zero-order chi connectivity index (χ0) is 13.3. The Balaban J connectivity index is 2.27. The molecule has 0 saturated heterocycles. The number of aryl methyl sites for hydroxylation is 1. The van der Waals surface area contributed by atoms with Crippen molar-refractivity contribution < 1.29 is 5.11 Å². The lowest BCUT2D eigenvalue weighted by Gasteiger charge is -2.43. The standard InChI is InChI=1S/C15H26N2O/c1-5-15(3,4)13-7-6-12(18)8-14(13)17-10-11(2)9-16-17/h9-10,12-14,18H,5-8H2,1-4H3. The second-order valence-electron chi connectivity index (χ2n) is 6.48. The number of hydrogen-bond acceptors (Lipinski definition) is 2. The molecule has 0 spiro atoms. The van der Waals surface area contributed by atoms with E-state index in [0.29, 0.717) is 17.4 Å². The Morgan fingerprint density at radius 1 is 1.44 bits per heavy atom. The Morgan fingerprint density at radius 2 is 2.17 bits per heavy atom. The van der Waals surface area contributed by atoms with E-state index in [-0.39, 0.29) is 6.10 Å². The Labute approximate surface area is 110 Å². The van der Waals surface area contributed by atoms with Gasteiger partial charge in [-0.3, -0.25) is 4.68 Å².